The standard InChI is InChI=1S/C24H28N2O4/c1-4-5-19-6-11-22(23(16-19)29-3)30-17-24(28)26-14-12-25(13-15-26)21-9-7-20(8-10-21)18(2)27/h4-11,16H,12-15,17H2,1-3H3. The molecule has 0 atom stereocenters. The third-order valence-corrected chi connectivity index (χ3v) is 5.17. The number of hydrogen-bond donors (Lipinski definition) is 0. The van der Waals surface area contributed by atoms with Crippen LogP contribution in [0.25, 0.3) is 6.08 Å². The monoisotopic (exact) mass is 408 g/mol. The molecule has 1 aliphatic rings. The fraction of sp³-hybridized carbons (Fsp3) is 0.333. The van der Waals surface area contributed by atoms with Gasteiger partial charge in [-0.15, -0.1) is 0 Å². The van der Waals surface area contributed by atoms with E-state index in [1.807, 2.05) is 66.4 Å². The van der Waals surface area contributed by atoms with Crippen LogP contribution >= 0.6 is 0 Å². The number of nitrogens with zero attached hydrogens (tertiary/aromatic N) is 2. The van der Waals surface area contributed by atoms with Crippen molar-refractivity contribution in [2.24, 2.45) is 0 Å². The molecule has 0 saturated carbocycles. The lowest BCUT2D eigenvalue weighted by molar-refractivity contribution is -0.133. The Morgan fingerprint density at radius 3 is 2.30 bits per heavy atom. The van der Waals surface area contributed by atoms with Crippen molar-refractivity contribution in [2.45, 2.75) is 13.8 Å². The Hall–Kier alpha value is -3.28. The third kappa shape index (κ3) is 5.20. The molecular weight excluding hydrogens is 380 g/mol. The summed E-state index contributed by atoms with van der Waals surface area (Å²) < 4.78 is 11.1. The maximum absolute atomic E-state index is 12.6. The molecule has 1 heterocycles. The Balaban J connectivity index is 1.52. The molecule has 0 aliphatic carbocycles. The summed E-state index contributed by atoms with van der Waals surface area (Å²) in [7, 11) is 1.59. The third-order valence-electron chi connectivity index (χ3n) is 5.17. The van der Waals surface area contributed by atoms with Crippen LogP contribution in [-0.2, 0) is 4.79 Å². The topological polar surface area (TPSA) is 59.1 Å². The SMILES string of the molecule is CC=Cc1ccc(OCC(=O)N2CCN(c3ccc(C(C)=O)cc3)CC2)c(OC)c1. The zero-order valence-electron chi connectivity index (χ0n) is 17.8. The normalized spacial score (nSPS) is 14.1. The summed E-state index contributed by atoms with van der Waals surface area (Å²) in [4.78, 5) is 28.1. The number of allylic oxidation sites excluding steroid dienone is 1. The van der Waals surface area contributed by atoms with E-state index in [4.69, 9.17) is 9.47 Å². The van der Waals surface area contributed by atoms with E-state index in [1.165, 1.54) is 0 Å². The van der Waals surface area contributed by atoms with E-state index in [-0.39, 0.29) is 18.3 Å². The fourth-order valence-electron chi connectivity index (χ4n) is 3.45. The smallest absolute Gasteiger partial charge is 0.260 e. The molecule has 0 spiro atoms. The molecule has 0 unspecified atom stereocenters. The lowest BCUT2D eigenvalue weighted by Gasteiger charge is -2.36. The predicted octanol–water partition coefficient (Wildman–Crippen LogP) is 3.66. The second-order valence-electron chi connectivity index (χ2n) is 7.17. The van der Waals surface area contributed by atoms with Gasteiger partial charge in [-0.2, -0.15) is 0 Å². The average Bonchev–Trinajstić information content (AvgIpc) is 2.78. The van der Waals surface area contributed by atoms with Crippen molar-refractivity contribution < 1.29 is 19.1 Å². The number of piperazine rings is 1. The number of benzene rings is 2. The lowest BCUT2D eigenvalue weighted by Crippen LogP contribution is -2.50. The number of amides is 1. The molecule has 1 fully saturated rings. The van der Waals surface area contributed by atoms with E-state index in [9.17, 15) is 9.59 Å². The summed E-state index contributed by atoms with van der Waals surface area (Å²) >= 11 is 0. The van der Waals surface area contributed by atoms with E-state index in [2.05, 4.69) is 4.90 Å². The van der Waals surface area contributed by atoms with Gasteiger partial charge in [-0.05, 0) is 55.8 Å². The number of hydrogen-bond acceptors (Lipinski definition) is 5. The van der Waals surface area contributed by atoms with Crippen LogP contribution < -0.4 is 14.4 Å². The molecule has 1 saturated heterocycles. The molecule has 2 aromatic carbocycles. The Morgan fingerprint density at radius 1 is 1.00 bits per heavy atom. The number of carbonyl (C=O) groups excluding carboxylic acids is 2. The molecule has 3 rings (SSSR count). The Labute approximate surface area is 177 Å². The van der Waals surface area contributed by atoms with Crippen LogP contribution in [0.1, 0.15) is 29.8 Å². The minimum Gasteiger partial charge on any atom is -0.493 e. The van der Waals surface area contributed by atoms with E-state index in [0.29, 0.717) is 30.2 Å². The van der Waals surface area contributed by atoms with Crippen molar-refractivity contribution in [3.63, 3.8) is 0 Å². The highest BCUT2D eigenvalue weighted by Crippen LogP contribution is 2.28. The molecule has 6 heteroatoms. The highest BCUT2D eigenvalue weighted by Gasteiger charge is 2.22. The van der Waals surface area contributed by atoms with E-state index in [0.717, 1.165) is 24.3 Å². The number of rotatable bonds is 7. The van der Waals surface area contributed by atoms with Gasteiger partial charge in [-0.3, -0.25) is 9.59 Å². The molecule has 0 radical (unpaired) electrons. The second-order valence-corrected chi connectivity index (χ2v) is 7.17. The summed E-state index contributed by atoms with van der Waals surface area (Å²) in [5.41, 5.74) is 2.79. The first-order valence-corrected chi connectivity index (χ1v) is 10.1. The predicted molar refractivity (Wildman–Crippen MR) is 118 cm³/mol. The van der Waals surface area contributed by atoms with Gasteiger partial charge in [0.25, 0.3) is 5.91 Å². The number of anilines is 1. The molecule has 2 aromatic rings. The van der Waals surface area contributed by atoms with Gasteiger partial charge < -0.3 is 19.3 Å². The average molecular weight is 408 g/mol. The summed E-state index contributed by atoms with van der Waals surface area (Å²) in [6, 6.07) is 13.2. The summed E-state index contributed by atoms with van der Waals surface area (Å²) in [5, 5.41) is 0. The maximum Gasteiger partial charge on any atom is 0.260 e. The molecule has 0 N–H and O–H groups in total. The van der Waals surface area contributed by atoms with Gasteiger partial charge in [-0.25, -0.2) is 0 Å². The first kappa shape index (κ1) is 21.4. The summed E-state index contributed by atoms with van der Waals surface area (Å²) in [5.74, 6) is 1.19. The minimum atomic E-state index is -0.0406. The Kier molecular flexibility index (Phi) is 7.12. The zero-order valence-corrected chi connectivity index (χ0v) is 17.8. The number of methoxy groups -OCH3 is 1. The first-order valence-electron chi connectivity index (χ1n) is 10.1. The number of ether oxygens (including phenoxy) is 2. The van der Waals surface area contributed by atoms with E-state index in [1.54, 1.807) is 14.0 Å². The molecule has 158 valence electrons. The molecule has 0 bridgehead atoms. The molecule has 0 aromatic heterocycles. The number of Topliss-reactive ketones (excluding diaryl/α,β-unsaturated/α-hetero) is 1. The second kappa shape index (κ2) is 9.96. The summed E-state index contributed by atoms with van der Waals surface area (Å²) in [6.07, 6.45) is 3.93. The number of ketones is 1. The van der Waals surface area contributed by atoms with Crippen LogP contribution in [0.2, 0.25) is 0 Å². The highest BCUT2D eigenvalue weighted by molar-refractivity contribution is 5.94. The molecule has 1 amide bonds. The van der Waals surface area contributed by atoms with Crippen molar-refractivity contribution in [1.29, 1.82) is 0 Å². The molecular formula is C24H28N2O4. The minimum absolute atomic E-state index is 0.0212. The highest BCUT2D eigenvalue weighted by atomic mass is 16.5. The Bertz CT molecular complexity index is 913. The van der Waals surface area contributed by atoms with Gasteiger partial charge in [0.15, 0.2) is 23.9 Å². The summed E-state index contributed by atoms with van der Waals surface area (Å²) in [6.45, 7) is 6.25. The molecule has 30 heavy (non-hydrogen) atoms. The Morgan fingerprint density at radius 2 is 1.70 bits per heavy atom. The van der Waals surface area contributed by atoms with Crippen LogP contribution in [0, 0.1) is 0 Å². The molecule has 6 nitrogen and oxygen atoms in total. The van der Waals surface area contributed by atoms with Gasteiger partial charge in [0.05, 0.1) is 7.11 Å². The van der Waals surface area contributed by atoms with Gasteiger partial charge in [0.1, 0.15) is 0 Å². The van der Waals surface area contributed by atoms with Gasteiger partial charge >= 0.3 is 0 Å². The quantitative estimate of drug-likeness (QED) is 0.655. The fourth-order valence-corrected chi connectivity index (χ4v) is 3.45. The van der Waals surface area contributed by atoms with Crippen molar-refractivity contribution in [2.75, 3.05) is 44.8 Å². The van der Waals surface area contributed by atoms with Crippen molar-refractivity contribution in [3.8, 4) is 11.5 Å². The number of carbonyl (C=O) groups is 2. The van der Waals surface area contributed by atoms with Crippen LogP contribution in [0.4, 0.5) is 5.69 Å². The van der Waals surface area contributed by atoms with E-state index >= 15 is 0 Å². The van der Waals surface area contributed by atoms with Gasteiger partial charge in [0.2, 0.25) is 0 Å². The molecule has 1 aliphatic heterocycles. The maximum atomic E-state index is 12.6. The van der Waals surface area contributed by atoms with Gasteiger partial charge in [-0.1, -0.05) is 18.2 Å². The largest absolute Gasteiger partial charge is 0.493 e. The first-order chi connectivity index (χ1) is 14.5. The van der Waals surface area contributed by atoms with Crippen LogP contribution in [-0.4, -0.2) is 56.5 Å². The van der Waals surface area contributed by atoms with Gasteiger partial charge in [0, 0.05) is 37.4 Å². The lowest BCUT2D eigenvalue weighted by atomic mass is 10.1. The van der Waals surface area contributed by atoms with Crippen molar-refractivity contribution >= 4 is 23.5 Å². The van der Waals surface area contributed by atoms with Crippen LogP contribution in [0.3, 0.4) is 0 Å². The van der Waals surface area contributed by atoms with Crippen LogP contribution in [0.15, 0.2) is 48.5 Å². The van der Waals surface area contributed by atoms with Crippen LogP contribution in [0.5, 0.6) is 11.5 Å². The zero-order chi connectivity index (χ0) is 21.5. The van der Waals surface area contributed by atoms with Crippen molar-refractivity contribution in [3.05, 3.63) is 59.7 Å². The van der Waals surface area contributed by atoms with Crippen molar-refractivity contribution in [1.82, 2.24) is 4.90 Å². The van der Waals surface area contributed by atoms with E-state index < -0.39 is 0 Å².